The minimum atomic E-state index is -0.417. The van der Waals surface area contributed by atoms with E-state index in [2.05, 4.69) is 0 Å². The fraction of sp³-hybridized carbons (Fsp3) is 0.417. The quantitative estimate of drug-likeness (QED) is 0.779. The SMILES string of the molecule is Cc1c(N)cc(C(=O)N2CCSCC2)cc1F. The molecule has 1 aromatic carbocycles. The monoisotopic (exact) mass is 254 g/mol. The average molecular weight is 254 g/mol. The molecule has 0 aromatic heterocycles. The zero-order chi connectivity index (χ0) is 12.4. The molecular weight excluding hydrogens is 239 g/mol. The summed E-state index contributed by atoms with van der Waals surface area (Å²) in [7, 11) is 0. The molecule has 5 heteroatoms. The standard InChI is InChI=1S/C12H15FN2OS/c1-8-10(13)6-9(7-11(8)14)12(16)15-2-4-17-5-3-15/h6-7H,2-5,14H2,1H3. The Morgan fingerprint density at radius 1 is 1.41 bits per heavy atom. The number of carbonyl (C=O) groups is 1. The molecular formula is C12H15FN2OS. The van der Waals surface area contributed by atoms with Crippen LogP contribution in [0.4, 0.5) is 10.1 Å². The number of nitrogens with zero attached hydrogens (tertiary/aromatic N) is 1. The summed E-state index contributed by atoms with van der Waals surface area (Å²) < 4.78 is 13.5. The molecule has 1 aromatic rings. The number of rotatable bonds is 1. The summed E-state index contributed by atoms with van der Waals surface area (Å²) in [5.41, 5.74) is 6.75. The first-order valence-corrected chi connectivity index (χ1v) is 6.67. The number of benzene rings is 1. The molecule has 0 bridgehead atoms. The van der Waals surface area contributed by atoms with Crippen LogP contribution in [0.2, 0.25) is 0 Å². The Balaban J connectivity index is 2.24. The molecule has 1 aliphatic rings. The van der Waals surface area contributed by atoms with E-state index in [1.807, 2.05) is 11.8 Å². The smallest absolute Gasteiger partial charge is 0.254 e. The zero-order valence-corrected chi connectivity index (χ0v) is 10.5. The third kappa shape index (κ3) is 2.54. The van der Waals surface area contributed by atoms with E-state index in [0.717, 1.165) is 24.6 Å². The van der Waals surface area contributed by atoms with Crippen LogP contribution in [-0.2, 0) is 0 Å². The van der Waals surface area contributed by atoms with Crippen molar-refractivity contribution in [3.05, 3.63) is 29.1 Å². The van der Waals surface area contributed by atoms with Gasteiger partial charge in [0, 0.05) is 41.4 Å². The zero-order valence-electron chi connectivity index (χ0n) is 9.70. The van der Waals surface area contributed by atoms with Crippen LogP contribution in [0.1, 0.15) is 15.9 Å². The van der Waals surface area contributed by atoms with Gasteiger partial charge in [-0.2, -0.15) is 11.8 Å². The number of nitrogens with two attached hydrogens (primary N) is 1. The highest BCUT2D eigenvalue weighted by atomic mass is 32.2. The fourth-order valence-corrected chi connectivity index (χ4v) is 2.68. The molecule has 92 valence electrons. The van der Waals surface area contributed by atoms with Crippen molar-refractivity contribution < 1.29 is 9.18 Å². The minimum absolute atomic E-state index is 0.129. The Hall–Kier alpha value is -1.23. The van der Waals surface area contributed by atoms with Crippen molar-refractivity contribution in [2.75, 3.05) is 30.3 Å². The molecule has 1 amide bonds. The van der Waals surface area contributed by atoms with Crippen LogP contribution >= 0.6 is 11.8 Å². The number of anilines is 1. The van der Waals surface area contributed by atoms with E-state index >= 15 is 0 Å². The number of amides is 1. The lowest BCUT2D eigenvalue weighted by Crippen LogP contribution is -2.38. The Kier molecular flexibility index (Phi) is 3.57. The van der Waals surface area contributed by atoms with Crippen LogP contribution < -0.4 is 5.73 Å². The molecule has 0 atom stereocenters. The lowest BCUT2D eigenvalue weighted by atomic mass is 10.1. The fourth-order valence-electron chi connectivity index (χ4n) is 1.77. The number of halogens is 1. The Labute approximate surface area is 104 Å². The van der Waals surface area contributed by atoms with Crippen LogP contribution in [0.15, 0.2) is 12.1 Å². The van der Waals surface area contributed by atoms with Crippen molar-refractivity contribution >= 4 is 23.4 Å². The van der Waals surface area contributed by atoms with Gasteiger partial charge < -0.3 is 10.6 Å². The van der Waals surface area contributed by atoms with Gasteiger partial charge in [-0.15, -0.1) is 0 Å². The summed E-state index contributed by atoms with van der Waals surface area (Å²) in [5.74, 6) is 1.33. The van der Waals surface area contributed by atoms with E-state index < -0.39 is 5.82 Å². The van der Waals surface area contributed by atoms with E-state index in [1.54, 1.807) is 17.9 Å². The van der Waals surface area contributed by atoms with Crippen molar-refractivity contribution in [1.29, 1.82) is 0 Å². The number of hydrogen-bond acceptors (Lipinski definition) is 3. The van der Waals surface area contributed by atoms with Gasteiger partial charge in [0.2, 0.25) is 0 Å². The van der Waals surface area contributed by atoms with E-state index in [0.29, 0.717) is 16.8 Å². The molecule has 0 aliphatic carbocycles. The molecule has 1 saturated heterocycles. The molecule has 0 radical (unpaired) electrons. The minimum Gasteiger partial charge on any atom is -0.398 e. The van der Waals surface area contributed by atoms with Gasteiger partial charge in [-0.1, -0.05) is 0 Å². The van der Waals surface area contributed by atoms with Gasteiger partial charge in [-0.3, -0.25) is 4.79 Å². The van der Waals surface area contributed by atoms with Gasteiger partial charge in [-0.25, -0.2) is 4.39 Å². The van der Waals surface area contributed by atoms with Crippen molar-refractivity contribution in [3.63, 3.8) is 0 Å². The van der Waals surface area contributed by atoms with Gasteiger partial charge in [0.05, 0.1) is 0 Å². The topological polar surface area (TPSA) is 46.3 Å². The van der Waals surface area contributed by atoms with E-state index in [1.165, 1.54) is 6.07 Å². The Morgan fingerprint density at radius 3 is 2.65 bits per heavy atom. The second-order valence-corrected chi connectivity index (χ2v) is 5.30. The normalized spacial score (nSPS) is 16.0. The number of hydrogen-bond donors (Lipinski definition) is 1. The van der Waals surface area contributed by atoms with Crippen molar-refractivity contribution in [2.24, 2.45) is 0 Å². The highest BCUT2D eigenvalue weighted by molar-refractivity contribution is 7.99. The Morgan fingerprint density at radius 2 is 2.06 bits per heavy atom. The lowest BCUT2D eigenvalue weighted by molar-refractivity contribution is 0.0772. The second kappa shape index (κ2) is 4.96. The van der Waals surface area contributed by atoms with Gasteiger partial charge in [0.1, 0.15) is 5.82 Å². The van der Waals surface area contributed by atoms with E-state index in [-0.39, 0.29) is 5.91 Å². The average Bonchev–Trinajstić information content (AvgIpc) is 2.35. The van der Waals surface area contributed by atoms with Crippen molar-refractivity contribution in [2.45, 2.75) is 6.92 Å². The maximum atomic E-state index is 13.5. The summed E-state index contributed by atoms with van der Waals surface area (Å²) in [6.45, 7) is 3.05. The molecule has 0 spiro atoms. The highest BCUT2D eigenvalue weighted by Gasteiger charge is 2.19. The Bertz CT molecular complexity index is 421. The predicted molar refractivity (Wildman–Crippen MR) is 68.8 cm³/mol. The summed E-state index contributed by atoms with van der Waals surface area (Å²) >= 11 is 1.83. The molecule has 2 N–H and O–H groups in total. The first-order valence-electron chi connectivity index (χ1n) is 5.52. The van der Waals surface area contributed by atoms with Crippen LogP contribution in [0.3, 0.4) is 0 Å². The molecule has 0 unspecified atom stereocenters. The molecule has 17 heavy (non-hydrogen) atoms. The number of carbonyl (C=O) groups excluding carboxylic acids is 1. The van der Waals surface area contributed by atoms with Gasteiger partial charge in [0.15, 0.2) is 0 Å². The molecule has 1 fully saturated rings. The third-order valence-electron chi connectivity index (χ3n) is 2.93. The summed E-state index contributed by atoms with van der Waals surface area (Å²) in [4.78, 5) is 13.9. The van der Waals surface area contributed by atoms with Gasteiger partial charge in [0.25, 0.3) is 5.91 Å². The molecule has 2 rings (SSSR count). The molecule has 1 aliphatic heterocycles. The van der Waals surface area contributed by atoms with Crippen molar-refractivity contribution in [1.82, 2.24) is 4.90 Å². The van der Waals surface area contributed by atoms with Gasteiger partial charge >= 0.3 is 0 Å². The maximum Gasteiger partial charge on any atom is 0.254 e. The van der Waals surface area contributed by atoms with Crippen molar-refractivity contribution in [3.8, 4) is 0 Å². The molecule has 1 heterocycles. The van der Waals surface area contributed by atoms with E-state index in [9.17, 15) is 9.18 Å². The van der Waals surface area contributed by atoms with Crippen LogP contribution in [0, 0.1) is 12.7 Å². The van der Waals surface area contributed by atoms with Gasteiger partial charge in [-0.05, 0) is 19.1 Å². The lowest BCUT2D eigenvalue weighted by Gasteiger charge is -2.26. The van der Waals surface area contributed by atoms with Crippen LogP contribution in [0.5, 0.6) is 0 Å². The number of thioether (sulfide) groups is 1. The third-order valence-corrected chi connectivity index (χ3v) is 3.87. The summed E-state index contributed by atoms with van der Waals surface area (Å²) in [5, 5.41) is 0. The summed E-state index contributed by atoms with van der Waals surface area (Å²) in [6.07, 6.45) is 0. The van der Waals surface area contributed by atoms with Crippen LogP contribution in [0.25, 0.3) is 0 Å². The first kappa shape index (κ1) is 12.2. The largest absolute Gasteiger partial charge is 0.398 e. The summed E-state index contributed by atoms with van der Waals surface area (Å²) in [6, 6.07) is 2.83. The molecule has 3 nitrogen and oxygen atoms in total. The highest BCUT2D eigenvalue weighted by Crippen LogP contribution is 2.20. The number of nitrogen functional groups attached to an aromatic ring is 1. The van der Waals surface area contributed by atoms with E-state index in [4.69, 9.17) is 5.73 Å². The van der Waals surface area contributed by atoms with Crippen LogP contribution in [-0.4, -0.2) is 35.4 Å². The molecule has 0 saturated carbocycles. The predicted octanol–water partition coefficient (Wildman–Crippen LogP) is 1.91. The first-order chi connectivity index (χ1) is 8.09. The maximum absolute atomic E-state index is 13.5. The second-order valence-electron chi connectivity index (χ2n) is 4.08.